The van der Waals surface area contributed by atoms with Crippen LogP contribution in [0.5, 0.6) is 0 Å². The zero-order valence-corrected chi connectivity index (χ0v) is 20.1. The van der Waals surface area contributed by atoms with Gasteiger partial charge >= 0.3 is 0 Å². The third kappa shape index (κ3) is 4.74. The van der Waals surface area contributed by atoms with Gasteiger partial charge in [0.15, 0.2) is 0 Å². The van der Waals surface area contributed by atoms with E-state index in [2.05, 4.69) is 40.5 Å². The van der Waals surface area contributed by atoms with Crippen molar-refractivity contribution in [3.8, 4) is 12.3 Å². The predicted octanol–water partition coefficient (Wildman–Crippen LogP) is 7.47. The van der Waals surface area contributed by atoms with Crippen LogP contribution in [0.25, 0.3) is 0 Å². The molecule has 0 amide bonds. The summed E-state index contributed by atoms with van der Waals surface area (Å²) >= 11 is 0. The standard InChI is InChI=1S/C28H48O/c1-7-9-23-25(27(5)17-14-22(29)15-18-27)16-19-28(6)24(12-13-26(23)28)21(4)11-8-10-20(2)3/h1,20-26,29H,8-19H2,2-6H3. The second-order valence-corrected chi connectivity index (χ2v) is 12.2. The molecule has 3 aliphatic carbocycles. The number of fused-ring (bicyclic) bond motifs is 1. The Morgan fingerprint density at radius 3 is 2.24 bits per heavy atom. The van der Waals surface area contributed by atoms with Crippen molar-refractivity contribution in [2.24, 2.45) is 46.3 Å². The minimum atomic E-state index is -0.0643. The van der Waals surface area contributed by atoms with E-state index in [-0.39, 0.29) is 6.10 Å². The number of terminal acetylenes is 1. The number of hydrogen-bond donors (Lipinski definition) is 1. The molecule has 29 heavy (non-hydrogen) atoms. The van der Waals surface area contributed by atoms with Gasteiger partial charge < -0.3 is 5.11 Å². The molecule has 1 heteroatoms. The van der Waals surface area contributed by atoms with Crippen molar-refractivity contribution in [3.05, 3.63) is 0 Å². The lowest BCUT2D eigenvalue weighted by molar-refractivity contribution is -0.0686. The lowest BCUT2D eigenvalue weighted by Crippen LogP contribution is -2.48. The Morgan fingerprint density at radius 1 is 0.931 bits per heavy atom. The molecule has 3 saturated carbocycles. The Hall–Kier alpha value is -0.480. The normalized spacial score (nSPS) is 43.7. The topological polar surface area (TPSA) is 20.2 Å². The van der Waals surface area contributed by atoms with Crippen LogP contribution in [0.4, 0.5) is 0 Å². The molecule has 0 aromatic rings. The first kappa shape index (κ1) is 23.2. The van der Waals surface area contributed by atoms with Crippen LogP contribution in [0.3, 0.4) is 0 Å². The Balaban J connectivity index is 1.73. The molecular weight excluding hydrogens is 352 g/mol. The molecule has 3 fully saturated rings. The molecule has 0 spiro atoms. The summed E-state index contributed by atoms with van der Waals surface area (Å²) in [7, 11) is 0. The van der Waals surface area contributed by atoms with E-state index in [0.717, 1.165) is 48.9 Å². The number of aliphatic hydroxyl groups is 1. The fourth-order valence-electron chi connectivity index (χ4n) is 8.23. The molecule has 0 radical (unpaired) electrons. The quantitative estimate of drug-likeness (QED) is 0.439. The van der Waals surface area contributed by atoms with E-state index in [9.17, 15) is 5.11 Å². The van der Waals surface area contributed by atoms with Gasteiger partial charge in [-0.2, -0.15) is 0 Å². The predicted molar refractivity (Wildman–Crippen MR) is 124 cm³/mol. The van der Waals surface area contributed by atoms with E-state index in [1.165, 1.54) is 57.8 Å². The lowest BCUT2D eigenvalue weighted by Gasteiger charge is -2.55. The number of hydrogen-bond acceptors (Lipinski definition) is 1. The molecule has 3 rings (SSSR count). The summed E-state index contributed by atoms with van der Waals surface area (Å²) in [4.78, 5) is 0. The van der Waals surface area contributed by atoms with Crippen molar-refractivity contribution in [1.82, 2.24) is 0 Å². The highest BCUT2D eigenvalue weighted by atomic mass is 16.3. The van der Waals surface area contributed by atoms with Crippen LogP contribution < -0.4 is 0 Å². The highest BCUT2D eigenvalue weighted by Crippen LogP contribution is 2.65. The molecule has 1 N–H and O–H groups in total. The van der Waals surface area contributed by atoms with Gasteiger partial charge in [0.1, 0.15) is 0 Å². The maximum Gasteiger partial charge on any atom is 0.0540 e. The van der Waals surface area contributed by atoms with Crippen molar-refractivity contribution in [2.75, 3.05) is 0 Å². The molecule has 0 aromatic heterocycles. The van der Waals surface area contributed by atoms with Crippen LogP contribution in [-0.2, 0) is 0 Å². The van der Waals surface area contributed by atoms with Crippen molar-refractivity contribution in [2.45, 2.75) is 118 Å². The molecule has 6 unspecified atom stereocenters. The molecule has 0 heterocycles. The Labute approximate surface area is 181 Å². The average Bonchev–Trinajstić information content (AvgIpc) is 3.02. The van der Waals surface area contributed by atoms with Crippen LogP contribution >= 0.6 is 0 Å². The molecule has 0 aliphatic heterocycles. The monoisotopic (exact) mass is 400 g/mol. The average molecular weight is 401 g/mol. The van der Waals surface area contributed by atoms with E-state index in [4.69, 9.17) is 6.42 Å². The highest BCUT2D eigenvalue weighted by Gasteiger charge is 2.57. The first-order valence-electron chi connectivity index (χ1n) is 12.8. The summed E-state index contributed by atoms with van der Waals surface area (Å²) in [5.74, 6) is 7.96. The minimum Gasteiger partial charge on any atom is -0.393 e. The maximum atomic E-state index is 10.1. The fourth-order valence-corrected chi connectivity index (χ4v) is 8.23. The van der Waals surface area contributed by atoms with Crippen LogP contribution in [0.2, 0.25) is 0 Å². The molecule has 6 atom stereocenters. The third-order valence-corrected chi connectivity index (χ3v) is 9.98. The largest absolute Gasteiger partial charge is 0.393 e. The maximum absolute atomic E-state index is 10.1. The van der Waals surface area contributed by atoms with E-state index in [0.29, 0.717) is 16.7 Å². The first-order valence-corrected chi connectivity index (χ1v) is 12.8. The smallest absolute Gasteiger partial charge is 0.0540 e. The zero-order chi connectivity index (χ0) is 21.2. The van der Waals surface area contributed by atoms with Crippen LogP contribution in [0.15, 0.2) is 0 Å². The van der Waals surface area contributed by atoms with Crippen molar-refractivity contribution in [1.29, 1.82) is 0 Å². The van der Waals surface area contributed by atoms with E-state index >= 15 is 0 Å². The van der Waals surface area contributed by atoms with Gasteiger partial charge in [0.25, 0.3) is 0 Å². The second-order valence-electron chi connectivity index (χ2n) is 12.2. The second kappa shape index (κ2) is 9.34. The van der Waals surface area contributed by atoms with E-state index < -0.39 is 0 Å². The Morgan fingerprint density at radius 2 is 1.62 bits per heavy atom. The Kier molecular flexibility index (Phi) is 7.47. The van der Waals surface area contributed by atoms with Gasteiger partial charge in [0, 0.05) is 6.42 Å². The lowest BCUT2D eigenvalue weighted by atomic mass is 9.49. The van der Waals surface area contributed by atoms with Gasteiger partial charge in [0.05, 0.1) is 6.10 Å². The molecule has 3 aliphatic rings. The van der Waals surface area contributed by atoms with Crippen molar-refractivity contribution >= 4 is 0 Å². The van der Waals surface area contributed by atoms with Gasteiger partial charge in [-0.1, -0.05) is 53.9 Å². The molecule has 0 saturated heterocycles. The van der Waals surface area contributed by atoms with Gasteiger partial charge in [-0.15, -0.1) is 12.3 Å². The van der Waals surface area contributed by atoms with Gasteiger partial charge in [0.2, 0.25) is 0 Å². The van der Waals surface area contributed by atoms with Gasteiger partial charge in [-0.3, -0.25) is 0 Å². The van der Waals surface area contributed by atoms with E-state index in [1.807, 2.05) is 0 Å². The van der Waals surface area contributed by atoms with Crippen molar-refractivity contribution < 1.29 is 5.11 Å². The van der Waals surface area contributed by atoms with Crippen molar-refractivity contribution in [3.63, 3.8) is 0 Å². The molecule has 0 aromatic carbocycles. The van der Waals surface area contributed by atoms with E-state index in [1.54, 1.807) is 0 Å². The molecule has 0 bridgehead atoms. The Bertz CT molecular complexity index is 563. The zero-order valence-electron chi connectivity index (χ0n) is 20.1. The first-order chi connectivity index (χ1) is 13.7. The molecular formula is C28H48O. The van der Waals surface area contributed by atoms with Gasteiger partial charge in [-0.05, 0) is 97.7 Å². The highest BCUT2D eigenvalue weighted by molar-refractivity contribution is 5.08. The molecule has 1 nitrogen and oxygen atoms in total. The van der Waals surface area contributed by atoms with Crippen LogP contribution in [-0.4, -0.2) is 11.2 Å². The third-order valence-electron chi connectivity index (χ3n) is 9.98. The summed E-state index contributed by atoms with van der Waals surface area (Å²) in [5.41, 5.74) is 0.892. The summed E-state index contributed by atoms with van der Waals surface area (Å²) in [6.45, 7) is 12.4. The summed E-state index contributed by atoms with van der Waals surface area (Å²) in [6.07, 6.45) is 21.0. The summed E-state index contributed by atoms with van der Waals surface area (Å²) < 4.78 is 0. The fraction of sp³-hybridized carbons (Fsp3) is 0.929. The SMILES string of the molecule is C#CCC1C(C2(C)CCC(O)CC2)CCC2(C)C(C(C)CCCC(C)C)CCC12. The summed E-state index contributed by atoms with van der Waals surface area (Å²) in [5, 5.41) is 10.1. The minimum absolute atomic E-state index is 0.0643. The molecule has 166 valence electrons. The number of aliphatic hydroxyl groups excluding tert-OH is 1. The number of rotatable bonds is 7. The summed E-state index contributed by atoms with van der Waals surface area (Å²) in [6, 6.07) is 0. The van der Waals surface area contributed by atoms with Gasteiger partial charge in [-0.25, -0.2) is 0 Å². The van der Waals surface area contributed by atoms with Crippen LogP contribution in [0, 0.1) is 58.7 Å². The van der Waals surface area contributed by atoms with Crippen LogP contribution in [0.1, 0.15) is 112 Å².